The third kappa shape index (κ3) is 4.29. The number of hydrogen-bond acceptors (Lipinski definition) is 5. The van der Waals surface area contributed by atoms with Crippen molar-refractivity contribution in [3.05, 3.63) is 90.3 Å². The minimum Gasteiger partial charge on any atom is -0.454 e. The van der Waals surface area contributed by atoms with E-state index in [9.17, 15) is 13.2 Å². The average molecular weight is 436 g/mol. The molecule has 4 rings (SSSR count). The van der Waals surface area contributed by atoms with Gasteiger partial charge >= 0.3 is 5.97 Å². The van der Waals surface area contributed by atoms with Crippen molar-refractivity contribution >= 4 is 32.7 Å². The molecule has 1 N–H and O–H groups in total. The second-order valence-corrected chi connectivity index (χ2v) is 8.67. The number of esters is 1. The molecule has 0 radical (unpaired) electrons. The molecular weight excluding hydrogens is 414 g/mol. The molecule has 4 aromatic rings. The predicted octanol–water partition coefficient (Wildman–Crippen LogP) is 4.14. The van der Waals surface area contributed by atoms with Gasteiger partial charge in [-0.2, -0.15) is 0 Å². The van der Waals surface area contributed by atoms with Gasteiger partial charge in [-0.15, -0.1) is 0 Å². The number of carbonyl (C=O) groups is 1. The predicted molar refractivity (Wildman–Crippen MR) is 118 cm³/mol. The van der Waals surface area contributed by atoms with Crippen molar-refractivity contribution in [2.24, 2.45) is 0 Å². The topological polar surface area (TPSA) is 92.4 Å². The third-order valence-electron chi connectivity index (χ3n) is 4.79. The third-order valence-corrected chi connectivity index (χ3v) is 6.70. The van der Waals surface area contributed by atoms with E-state index < -0.39 is 16.0 Å². The summed E-state index contributed by atoms with van der Waals surface area (Å²) >= 11 is 0. The zero-order valence-corrected chi connectivity index (χ0v) is 17.7. The highest BCUT2D eigenvalue weighted by Crippen LogP contribution is 2.23. The molecule has 31 heavy (non-hydrogen) atoms. The van der Waals surface area contributed by atoms with Gasteiger partial charge < -0.3 is 9.72 Å². The summed E-state index contributed by atoms with van der Waals surface area (Å²) in [6, 6.07) is 22.1. The second kappa shape index (κ2) is 8.61. The Morgan fingerprint density at radius 3 is 2.32 bits per heavy atom. The molecule has 0 fully saturated rings. The summed E-state index contributed by atoms with van der Waals surface area (Å²) < 4.78 is 32.7. The highest BCUT2D eigenvalue weighted by molar-refractivity contribution is 7.92. The molecular formula is C23H21N3O4S. The number of ether oxygens (including phenoxy) is 1. The van der Waals surface area contributed by atoms with Crippen LogP contribution in [0.1, 0.15) is 23.1 Å². The molecule has 1 aromatic heterocycles. The normalized spacial score (nSPS) is 11.4. The maximum Gasteiger partial charge on any atom is 0.338 e. The van der Waals surface area contributed by atoms with E-state index in [2.05, 4.69) is 9.97 Å². The van der Waals surface area contributed by atoms with Crippen molar-refractivity contribution in [1.29, 1.82) is 0 Å². The molecule has 0 aliphatic rings. The monoisotopic (exact) mass is 435 g/mol. The molecule has 0 aliphatic carbocycles. The fourth-order valence-corrected chi connectivity index (χ4v) is 4.74. The summed E-state index contributed by atoms with van der Waals surface area (Å²) in [6.45, 7) is 2.05. The Morgan fingerprint density at radius 1 is 0.968 bits per heavy atom. The SMILES string of the molecule is CCN(c1ccccc1)S(=O)(=O)c1ccc(C(=O)OCc2nc3ccccc3[nH]2)cc1. The van der Waals surface area contributed by atoms with E-state index in [1.165, 1.54) is 28.6 Å². The number of aromatic nitrogens is 2. The molecule has 0 spiro atoms. The highest BCUT2D eigenvalue weighted by Gasteiger charge is 2.23. The summed E-state index contributed by atoms with van der Waals surface area (Å²) in [5.41, 5.74) is 2.50. The number of para-hydroxylation sites is 3. The summed E-state index contributed by atoms with van der Waals surface area (Å²) in [5, 5.41) is 0. The molecule has 3 aromatic carbocycles. The summed E-state index contributed by atoms with van der Waals surface area (Å²) in [5.74, 6) is -0.0185. The van der Waals surface area contributed by atoms with Crippen molar-refractivity contribution in [2.75, 3.05) is 10.8 Å². The van der Waals surface area contributed by atoms with Crippen LogP contribution in [-0.2, 0) is 21.4 Å². The Kier molecular flexibility index (Phi) is 5.73. The van der Waals surface area contributed by atoms with Gasteiger partial charge in [-0.3, -0.25) is 4.31 Å². The van der Waals surface area contributed by atoms with Crippen LogP contribution in [0.2, 0.25) is 0 Å². The first-order valence-corrected chi connectivity index (χ1v) is 11.2. The van der Waals surface area contributed by atoms with Crippen molar-refractivity contribution in [2.45, 2.75) is 18.4 Å². The standard InChI is InChI=1S/C23H21N3O4S/c1-2-26(18-8-4-3-5-9-18)31(28,29)19-14-12-17(13-15-19)23(27)30-16-22-24-20-10-6-7-11-21(20)25-22/h3-15H,2,16H2,1H3,(H,24,25). The molecule has 0 saturated carbocycles. The average Bonchev–Trinajstić information content (AvgIpc) is 3.22. The Balaban J connectivity index is 1.47. The van der Waals surface area contributed by atoms with E-state index in [1.807, 2.05) is 30.3 Å². The number of rotatable bonds is 7. The lowest BCUT2D eigenvalue weighted by molar-refractivity contribution is 0.0463. The lowest BCUT2D eigenvalue weighted by Crippen LogP contribution is -2.30. The number of nitrogens with zero attached hydrogens (tertiary/aromatic N) is 2. The maximum absolute atomic E-state index is 13.0. The van der Waals surface area contributed by atoms with Gasteiger partial charge in [0.2, 0.25) is 0 Å². The van der Waals surface area contributed by atoms with Crippen LogP contribution in [0.3, 0.4) is 0 Å². The van der Waals surface area contributed by atoms with Gasteiger partial charge in [0.1, 0.15) is 12.4 Å². The second-order valence-electron chi connectivity index (χ2n) is 6.81. The molecule has 158 valence electrons. The van der Waals surface area contributed by atoms with E-state index in [4.69, 9.17) is 4.74 Å². The molecule has 0 unspecified atom stereocenters. The fraction of sp³-hybridized carbons (Fsp3) is 0.130. The first kappa shape index (κ1) is 20.6. The number of benzene rings is 3. The van der Waals surface area contributed by atoms with E-state index in [0.717, 1.165) is 11.0 Å². The summed E-state index contributed by atoms with van der Waals surface area (Å²) in [4.78, 5) is 19.9. The van der Waals surface area contributed by atoms with Crippen molar-refractivity contribution in [3.63, 3.8) is 0 Å². The quantitative estimate of drug-likeness (QED) is 0.441. The number of hydrogen-bond donors (Lipinski definition) is 1. The minimum atomic E-state index is -3.75. The molecule has 0 amide bonds. The van der Waals surface area contributed by atoms with Gasteiger partial charge in [0.25, 0.3) is 10.0 Å². The first-order chi connectivity index (χ1) is 15.0. The number of anilines is 1. The molecule has 1 heterocycles. The Labute approximate surface area is 180 Å². The summed E-state index contributed by atoms with van der Waals surface area (Å²) in [7, 11) is -3.75. The van der Waals surface area contributed by atoms with Gasteiger partial charge in [-0.05, 0) is 55.5 Å². The van der Waals surface area contributed by atoms with E-state index in [0.29, 0.717) is 11.5 Å². The summed E-state index contributed by atoms with van der Waals surface area (Å²) in [6.07, 6.45) is 0. The van der Waals surface area contributed by atoms with Crippen LogP contribution < -0.4 is 4.31 Å². The highest BCUT2D eigenvalue weighted by atomic mass is 32.2. The van der Waals surface area contributed by atoms with Gasteiger partial charge in [0.05, 0.1) is 27.2 Å². The van der Waals surface area contributed by atoms with Crippen molar-refractivity contribution in [1.82, 2.24) is 9.97 Å². The van der Waals surface area contributed by atoms with Crippen LogP contribution in [0, 0.1) is 0 Å². The number of nitrogens with one attached hydrogen (secondary N) is 1. The number of fused-ring (bicyclic) bond motifs is 1. The Hall–Kier alpha value is -3.65. The number of sulfonamides is 1. The number of aromatic amines is 1. The molecule has 0 bridgehead atoms. The number of carbonyl (C=O) groups excluding carboxylic acids is 1. The fourth-order valence-electron chi connectivity index (χ4n) is 3.27. The number of H-pyrrole nitrogens is 1. The van der Waals surface area contributed by atoms with E-state index in [-0.39, 0.29) is 23.6 Å². The smallest absolute Gasteiger partial charge is 0.338 e. The van der Waals surface area contributed by atoms with Crippen LogP contribution in [0.4, 0.5) is 5.69 Å². The zero-order valence-electron chi connectivity index (χ0n) is 16.9. The van der Waals surface area contributed by atoms with Crippen LogP contribution >= 0.6 is 0 Å². The maximum atomic E-state index is 13.0. The molecule has 0 atom stereocenters. The Morgan fingerprint density at radius 2 is 1.65 bits per heavy atom. The molecule has 0 aliphatic heterocycles. The molecule has 7 nitrogen and oxygen atoms in total. The minimum absolute atomic E-state index is 0.00875. The van der Waals surface area contributed by atoms with Crippen molar-refractivity contribution in [3.8, 4) is 0 Å². The van der Waals surface area contributed by atoms with Gasteiger partial charge in [-0.25, -0.2) is 18.2 Å². The zero-order chi connectivity index (χ0) is 21.8. The first-order valence-electron chi connectivity index (χ1n) is 9.77. The lowest BCUT2D eigenvalue weighted by atomic mass is 10.2. The van der Waals surface area contributed by atoms with Gasteiger partial charge in [0.15, 0.2) is 0 Å². The Bertz CT molecular complexity index is 1270. The van der Waals surface area contributed by atoms with Gasteiger partial charge in [-0.1, -0.05) is 30.3 Å². The van der Waals surface area contributed by atoms with E-state index >= 15 is 0 Å². The van der Waals surface area contributed by atoms with Crippen LogP contribution in [0.25, 0.3) is 11.0 Å². The van der Waals surface area contributed by atoms with Crippen LogP contribution in [0.5, 0.6) is 0 Å². The van der Waals surface area contributed by atoms with Gasteiger partial charge in [0, 0.05) is 6.54 Å². The number of imidazole rings is 1. The molecule has 8 heteroatoms. The molecule has 0 saturated heterocycles. The van der Waals surface area contributed by atoms with E-state index in [1.54, 1.807) is 31.2 Å². The van der Waals surface area contributed by atoms with Crippen LogP contribution in [0.15, 0.2) is 83.8 Å². The lowest BCUT2D eigenvalue weighted by Gasteiger charge is -2.22. The van der Waals surface area contributed by atoms with Crippen LogP contribution in [-0.4, -0.2) is 30.9 Å². The van der Waals surface area contributed by atoms with Crippen molar-refractivity contribution < 1.29 is 17.9 Å². The largest absolute Gasteiger partial charge is 0.454 e.